The minimum absolute atomic E-state index is 0.225. The number of aryl methyl sites for hydroxylation is 1. The summed E-state index contributed by atoms with van der Waals surface area (Å²) in [4.78, 5) is 12.2. The van der Waals surface area contributed by atoms with E-state index in [2.05, 4.69) is 10.4 Å². The summed E-state index contributed by atoms with van der Waals surface area (Å²) in [6.07, 6.45) is 3.06. The lowest BCUT2D eigenvalue weighted by molar-refractivity contribution is -0.111. The summed E-state index contributed by atoms with van der Waals surface area (Å²) in [5, 5.41) is 8.14. The van der Waals surface area contributed by atoms with E-state index in [1.54, 1.807) is 29.0 Å². The lowest BCUT2D eigenvalue weighted by Crippen LogP contribution is -2.26. The number of halogens is 2. The first kappa shape index (κ1) is 17.6. The average molecular weight is 352 g/mol. The third-order valence-electron chi connectivity index (χ3n) is 3.11. The van der Waals surface area contributed by atoms with Gasteiger partial charge in [-0.15, -0.1) is 0 Å². The molecule has 0 saturated heterocycles. The highest BCUT2D eigenvalue weighted by Crippen LogP contribution is 2.26. The summed E-state index contributed by atoms with van der Waals surface area (Å²) < 4.78 is 1.79. The van der Waals surface area contributed by atoms with Gasteiger partial charge in [-0.3, -0.25) is 4.79 Å². The topological polar surface area (TPSA) is 46.9 Å². The van der Waals surface area contributed by atoms with Gasteiger partial charge in [-0.25, -0.2) is 4.68 Å². The van der Waals surface area contributed by atoms with E-state index >= 15 is 0 Å². The van der Waals surface area contributed by atoms with Crippen LogP contribution in [0.4, 0.5) is 5.82 Å². The molecule has 0 aliphatic heterocycles. The molecule has 0 aliphatic carbocycles. The number of benzene rings is 1. The molecule has 0 radical (unpaired) electrons. The Morgan fingerprint density at radius 2 is 2.00 bits per heavy atom. The van der Waals surface area contributed by atoms with Gasteiger partial charge in [0.25, 0.3) is 0 Å². The van der Waals surface area contributed by atoms with Crippen molar-refractivity contribution in [2.24, 2.45) is 0 Å². The lowest BCUT2D eigenvalue weighted by Gasteiger charge is -2.22. The Morgan fingerprint density at radius 1 is 1.30 bits per heavy atom. The predicted octanol–water partition coefficient (Wildman–Crippen LogP) is 4.91. The van der Waals surface area contributed by atoms with Crippen LogP contribution >= 0.6 is 23.2 Å². The van der Waals surface area contributed by atoms with Crippen LogP contribution in [0.25, 0.3) is 6.08 Å². The minimum Gasteiger partial charge on any atom is -0.307 e. The molecular formula is C17H19Cl2N3O. The molecule has 0 unspecified atom stereocenters. The number of amides is 1. The number of nitrogens with one attached hydrogen (secondary N) is 1. The second kappa shape index (κ2) is 6.77. The zero-order valence-corrected chi connectivity index (χ0v) is 15.0. The van der Waals surface area contributed by atoms with Gasteiger partial charge >= 0.3 is 0 Å². The van der Waals surface area contributed by atoms with Crippen LogP contribution in [0.2, 0.25) is 10.0 Å². The number of aromatic nitrogens is 2. The molecular weight excluding hydrogens is 333 g/mol. The Hall–Kier alpha value is -1.78. The van der Waals surface area contributed by atoms with Crippen molar-refractivity contribution in [2.75, 3.05) is 5.32 Å². The lowest BCUT2D eigenvalue weighted by atomic mass is 10.1. The van der Waals surface area contributed by atoms with Gasteiger partial charge < -0.3 is 5.32 Å². The van der Waals surface area contributed by atoms with Gasteiger partial charge in [0.15, 0.2) is 0 Å². The van der Waals surface area contributed by atoms with E-state index in [1.807, 2.05) is 33.8 Å². The molecule has 0 bridgehead atoms. The van der Waals surface area contributed by atoms with Crippen molar-refractivity contribution < 1.29 is 4.79 Å². The number of hydrogen-bond acceptors (Lipinski definition) is 2. The number of anilines is 1. The number of hydrogen-bond donors (Lipinski definition) is 1. The van der Waals surface area contributed by atoms with Gasteiger partial charge in [-0.05, 0) is 45.4 Å². The summed E-state index contributed by atoms with van der Waals surface area (Å²) in [5.41, 5.74) is 1.31. The number of carbonyl (C=O) groups excluding carboxylic acids is 1. The quantitative estimate of drug-likeness (QED) is 0.798. The smallest absolute Gasteiger partial charge is 0.249 e. The van der Waals surface area contributed by atoms with Gasteiger partial charge in [-0.1, -0.05) is 35.3 Å². The van der Waals surface area contributed by atoms with E-state index in [0.717, 1.165) is 5.69 Å². The molecule has 0 atom stereocenters. The third-order valence-corrected chi connectivity index (χ3v) is 3.95. The summed E-state index contributed by atoms with van der Waals surface area (Å²) in [6, 6.07) is 7.11. The summed E-state index contributed by atoms with van der Waals surface area (Å²) in [7, 11) is 0. The second-order valence-electron chi connectivity index (χ2n) is 6.22. The Bertz CT molecular complexity index is 758. The highest BCUT2D eigenvalue weighted by molar-refractivity contribution is 6.42. The van der Waals surface area contributed by atoms with Crippen molar-refractivity contribution >= 4 is 41.0 Å². The molecule has 122 valence electrons. The summed E-state index contributed by atoms with van der Waals surface area (Å²) in [6.45, 7) is 7.96. The van der Waals surface area contributed by atoms with E-state index in [-0.39, 0.29) is 11.4 Å². The predicted molar refractivity (Wildman–Crippen MR) is 96.1 cm³/mol. The van der Waals surface area contributed by atoms with Crippen molar-refractivity contribution in [1.82, 2.24) is 9.78 Å². The summed E-state index contributed by atoms with van der Waals surface area (Å²) >= 11 is 12.1. The van der Waals surface area contributed by atoms with E-state index in [9.17, 15) is 4.79 Å². The highest BCUT2D eigenvalue weighted by atomic mass is 35.5. The Morgan fingerprint density at radius 3 is 2.65 bits per heavy atom. The SMILES string of the molecule is Cc1cc(NC(=O)/C=C/c2cccc(Cl)c2Cl)n(C(C)(C)C)n1. The molecule has 1 aromatic carbocycles. The fraction of sp³-hybridized carbons (Fsp3) is 0.294. The van der Waals surface area contributed by atoms with Gasteiger partial charge in [0, 0.05) is 12.1 Å². The molecule has 0 spiro atoms. The third kappa shape index (κ3) is 4.36. The number of nitrogens with zero attached hydrogens (tertiary/aromatic N) is 2. The molecule has 0 aliphatic rings. The standard InChI is InChI=1S/C17H19Cl2N3O/c1-11-10-14(22(21-11)17(2,3)4)20-15(23)9-8-12-6-5-7-13(18)16(12)19/h5-10H,1-4H3,(H,20,23)/b9-8+. The van der Waals surface area contributed by atoms with Crippen molar-refractivity contribution in [2.45, 2.75) is 33.2 Å². The first-order chi connectivity index (χ1) is 10.7. The van der Waals surface area contributed by atoms with Gasteiger partial charge in [-0.2, -0.15) is 5.10 Å². The maximum Gasteiger partial charge on any atom is 0.249 e. The molecule has 23 heavy (non-hydrogen) atoms. The highest BCUT2D eigenvalue weighted by Gasteiger charge is 2.19. The van der Waals surface area contributed by atoms with Crippen molar-refractivity contribution in [3.8, 4) is 0 Å². The average Bonchev–Trinajstić information content (AvgIpc) is 2.81. The van der Waals surface area contributed by atoms with E-state index in [0.29, 0.717) is 21.4 Å². The normalized spacial score (nSPS) is 11.9. The molecule has 2 rings (SSSR count). The zero-order chi connectivity index (χ0) is 17.2. The Kier molecular flexibility index (Phi) is 5.17. The van der Waals surface area contributed by atoms with E-state index in [1.165, 1.54) is 6.08 Å². The number of carbonyl (C=O) groups is 1. The first-order valence-corrected chi connectivity index (χ1v) is 7.94. The van der Waals surface area contributed by atoms with Crippen LogP contribution in [0.15, 0.2) is 30.3 Å². The van der Waals surface area contributed by atoms with Crippen LogP contribution in [0.3, 0.4) is 0 Å². The Balaban J connectivity index is 2.17. The number of rotatable bonds is 3. The second-order valence-corrected chi connectivity index (χ2v) is 7.00. The van der Waals surface area contributed by atoms with Gasteiger partial charge in [0.05, 0.1) is 21.3 Å². The fourth-order valence-corrected chi connectivity index (χ4v) is 2.45. The van der Waals surface area contributed by atoms with Crippen molar-refractivity contribution in [3.63, 3.8) is 0 Å². The maximum absolute atomic E-state index is 12.2. The zero-order valence-electron chi connectivity index (χ0n) is 13.5. The maximum atomic E-state index is 12.2. The molecule has 1 amide bonds. The summed E-state index contributed by atoms with van der Waals surface area (Å²) in [5.74, 6) is 0.397. The van der Waals surface area contributed by atoms with Crippen molar-refractivity contribution in [3.05, 3.63) is 51.6 Å². The molecule has 0 saturated carbocycles. The molecule has 2 aromatic rings. The first-order valence-electron chi connectivity index (χ1n) is 7.18. The van der Waals surface area contributed by atoms with Gasteiger partial charge in [0.1, 0.15) is 5.82 Å². The molecule has 0 fully saturated rings. The minimum atomic E-state index is -0.258. The molecule has 1 N–H and O–H groups in total. The van der Waals surface area contributed by atoms with Crippen LogP contribution < -0.4 is 5.32 Å². The van der Waals surface area contributed by atoms with Crippen LogP contribution in [-0.4, -0.2) is 15.7 Å². The van der Waals surface area contributed by atoms with E-state index in [4.69, 9.17) is 23.2 Å². The van der Waals surface area contributed by atoms with Gasteiger partial charge in [0.2, 0.25) is 5.91 Å². The fourth-order valence-electron chi connectivity index (χ4n) is 2.08. The van der Waals surface area contributed by atoms with Crippen LogP contribution in [-0.2, 0) is 10.3 Å². The molecule has 6 heteroatoms. The molecule has 4 nitrogen and oxygen atoms in total. The van der Waals surface area contributed by atoms with Crippen LogP contribution in [0.5, 0.6) is 0 Å². The van der Waals surface area contributed by atoms with E-state index < -0.39 is 0 Å². The largest absolute Gasteiger partial charge is 0.307 e. The van der Waals surface area contributed by atoms with Crippen LogP contribution in [0, 0.1) is 6.92 Å². The van der Waals surface area contributed by atoms with Crippen LogP contribution in [0.1, 0.15) is 32.0 Å². The Labute approximate surface area is 146 Å². The monoisotopic (exact) mass is 351 g/mol. The molecule has 1 aromatic heterocycles. The molecule has 1 heterocycles. The van der Waals surface area contributed by atoms with Crippen molar-refractivity contribution in [1.29, 1.82) is 0 Å².